The van der Waals surface area contributed by atoms with Crippen LogP contribution in [0.25, 0.3) is 0 Å². The summed E-state index contributed by atoms with van der Waals surface area (Å²) in [6, 6.07) is 14.8. The van der Waals surface area contributed by atoms with Crippen molar-refractivity contribution in [3.8, 4) is 0 Å². The highest BCUT2D eigenvalue weighted by Crippen LogP contribution is 2.18. The Hall–Kier alpha value is -3.48. The van der Waals surface area contributed by atoms with Gasteiger partial charge in [-0.15, -0.1) is 0 Å². The third-order valence-corrected chi connectivity index (χ3v) is 3.80. The molecule has 0 aliphatic heterocycles. The van der Waals surface area contributed by atoms with Crippen molar-refractivity contribution in [3.05, 3.63) is 99.7 Å². The Labute approximate surface area is 148 Å². The molecule has 0 saturated heterocycles. The van der Waals surface area contributed by atoms with Gasteiger partial charge in [0.15, 0.2) is 0 Å². The van der Waals surface area contributed by atoms with Crippen LogP contribution in [-0.4, -0.2) is 15.7 Å². The predicted molar refractivity (Wildman–Crippen MR) is 91.8 cm³/mol. The number of nitrogens with zero attached hydrogens (tertiary/aromatic N) is 2. The van der Waals surface area contributed by atoms with Gasteiger partial charge in [-0.25, -0.2) is 4.39 Å². The highest BCUT2D eigenvalue weighted by molar-refractivity contribution is 5.94. The minimum atomic E-state index is -0.526. The summed E-state index contributed by atoms with van der Waals surface area (Å²) in [4.78, 5) is 24.6. The molecule has 132 valence electrons. The highest BCUT2D eigenvalue weighted by Gasteiger charge is 2.19. The maximum atomic E-state index is 13.5. The monoisotopic (exact) mass is 354 g/mol. The van der Waals surface area contributed by atoms with Crippen molar-refractivity contribution in [2.24, 2.45) is 0 Å². The van der Waals surface area contributed by atoms with E-state index in [1.54, 1.807) is 24.3 Å². The number of carbonyl (C=O) groups excluding carboxylic acids is 1. The summed E-state index contributed by atoms with van der Waals surface area (Å²) < 4.78 is 18.8. The van der Waals surface area contributed by atoms with Crippen LogP contribution in [0.3, 0.4) is 0 Å². The molecule has 6 nitrogen and oxygen atoms in total. The average Bonchev–Trinajstić information content (AvgIpc) is 3.14. The number of halogens is 1. The van der Waals surface area contributed by atoms with E-state index < -0.39 is 4.92 Å². The molecule has 0 spiro atoms. The molecule has 0 bridgehead atoms. The minimum absolute atomic E-state index is 0.0933. The van der Waals surface area contributed by atoms with Gasteiger partial charge >= 0.3 is 0 Å². The summed E-state index contributed by atoms with van der Waals surface area (Å²) in [5.41, 5.74) is 0.842. The molecular weight excluding hydrogens is 339 g/mol. The lowest BCUT2D eigenvalue weighted by atomic mass is 10.1. The molecule has 3 aromatic rings. The maximum Gasteiger partial charge on any atom is 0.269 e. The topological polar surface area (TPSA) is 76.6 Å². The number of carbonyl (C=O) groups is 1. The van der Waals surface area contributed by atoms with Crippen molar-refractivity contribution < 1.29 is 18.5 Å². The second-order valence-corrected chi connectivity index (χ2v) is 5.67. The zero-order valence-corrected chi connectivity index (χ0v) is 13.7. The molecule has 0 saturated carbocycles. The first kappa shape index (κ1) is 17.3. The first-order valence-electron chi connectivity index (χ1n) is 7.83. The molecule has 0 aliphatic carbocycles. The first-order chi connectivity index (χ1) is 12.5. The standard InChI is InChI=1S/C19H15FN2O4/c20-16-4-1-3-14(11-16)12-21(13-18-5-2-10-26-18)19(23)15-6-8-17(9-7-15)22(24)25/h1-11H,12-13H2. The Kier molecular flexibility index (Phi) is 5.07. The van der Waals surface area contributed by atoms with Gasteiger partial charge in [-0.05, 0) is 42.0 Å². The SMILES string of the molecule is O=C(c1ccc([N+](=O)[O-])cc1)N(Cc1cccc(F)c1)Cc1ccco1. The summed E-state index contributed by atoms with van der Waals surface area (Å²) in [5.74, 6) is -0.138. The van der Waals surface area contributed by atoms with Crippen molar-refractivity contribution in [1.29, 1.82) is 0 Å². The molecule has 26 heavy (non-hydrogen) atoms. The van der Waals surface area contributed by atoms with Gasteiger partial charge in [0.2, 0.25) is 0 Å². The summed E-state index contributed by atoms with van der Waals surface area (Å²) >= 11 is 0. The van der Waals surface area contributed by atoms with Gasteiger partial charge < -0.3 is 9.32 Å². The van der Waals surface area contributed by atoms with Crippen LogP contribution < -0.4 is 0 Å². The quantitative estimate of drug-likeness (QED) is 0.492. The highest BCUT2D eigenvalue weighted by atomic mass is 19.1. The normalized spacial score (nSPS) is 10.5. The lowest BCUT2D eigenvalue weighted by Crippen LogP contribution is -2.30. The molecule has 0 atom stereocenters. The lowest BCUT2D eigenvalue weighted by molar-refractivity contribution is -0.384. The van der Waals surface area contributed by atoms with Gasteiger partial charge in [0.1, 0.15) is 11.6 Å². The first-order valence-corrected chi connectivity index (χ1v) is 7.83. The number of amides is 1. The maximum absolute atomic E-state index is 13.5. The number of furan rings is 1. The van der Waals surface area contributed by atoms with Crippen molar-refractivity contribution >= 4 is 11.6 Å². The fourth-order valence-corrected chi connectivity index (χ4v) is 2.55. The second kappa shape index (κ2) is 7.60. The summed E-state index contributed by atoms with van der Waals surface area (Å²) in [7, 11) is 0. The molecule has 0 fully saturated rings. The van der Waals surface area contributed by atoms with Crippen LogP contribution in [0.4, 0.5) is 10.1 Å². The van der Waals surface area contributed by atoms with Crippen LogP contribution in [0.2, 0.25) is 0 Å². The number of non-ortho nitro benzene ring substituents is 1. The Morgan fingerprint density at radius 1 is 1.08 bits per heavy atom. The van der Waals surface area contributed by atoms with E-state index in [0.717, 1.165) is 0 Å². The summed E-state index contributed by atoms with van der Waals surface area (Å²) in [5, 5.41) is 10.8. The van der Waals surface area contributed by atoms with Crippen molar-refractivity contribution in [2.45, 2.75) is 13.1 Å². The third kappa shape index (κ3) is 4.13. The smallest absolute Gasteiger partial charge is 0.269 e. The predicted octanol–water partition coefficient (Wildman–Crippen LogP) is 4.17. The van der Waals surface area contributed by atoms with Crippen molar-refractivity contribution in [1.82, 2.24) is 4.90 Å². The molecule has 3 rings (SSSR count). The van der Waals surface area contributed by atoms with E-state index in [0.29, 0.717) is 16.9 Å². The molecule has 1 amide bonds. The van der Waals surface area contributed by atoms with E-state index in [4.69, 9.17) is 4.42 Å². The van der Waals surface area contributed by atoms with Gasteiger partial charge in [0.25, 0.3) is 11.6 Å². The Morgan fingerprint density at radius 2 is 1.85 bits per heavy atom. The number of nitro groups is 1. The van der Waals surface area contributed by atoms with Crippen molar-refractivity contribution in [3.63, 3.8) is 0 Å². The molecular formula is C19H15FN2O4. The second-order valence-electron chi connectivity index (χ2n) is 5.67. The van der Waals surface area contributed by atoms with E-state index >= 15 is 0 Å². The van der Waals surface area contributed by atoms with Gasteiger partial charge in [0.05, 0.1) is 17.7 Å². The zero-order chi connectivity index (χ0) is 18.5. The third-order valence-electron chi connectivity index (χ3n) is 3.80. The van der Waals surface area contributed by atoms with Crippen molar-refractivity contribution in [2.75, 3.05) is 0 Å². The average molecular weight is 354 g/mol. The Balaban J connectivity index is 1.86. The van der Waals surface area contributed by atoms with E-state index in [1.807, 2.05) is 0 Å². The van der Waals surface area contributed by atoms with Gasteiger partial charge in [-0.1, -0.05) is 12.1 Å². The number of hydrogen-bond acceptors (Lipinski definition) is 4. The van der Waals surface area contributed by atoms with Crippen LogP contribution in [0.1, 0.15) is 21.7 Å². The van der Waals surface area contributed by atoms with Crippen LogP contribution in [0.15, 0.2) is 71.3 Å². The lowest BCUT2D eigenvalue weighted by Gasteiger charge is -2.22. The molecule has 7 heteroatoms. The fraction of sp³-hybridized carbons (Fsp3) is 0.105. The number of benzene rings is 2. The van der Waals surface area contributed by atoms with E-state index in [-0.39, 0.29) is 30.5 Å². The molecule has 1 heterocycles. The van der Waals surface area contributed by atoms with E-state index in [2.05, 4.69) is 0 Å². The van der Waals surface area contributed by atoms with Crippen LogP contribution in [0.5, 0.6) is 0 Å². The molecule has 1 aromatic heterocycles. The van der Waals surface area contributed by atoms with Gasteiger partial charge in [0, 0.05) is 24.2 Å². The van der Waals surface area contributed by atoms with Crippen LogP contribution in [-0.2, 0) is 13.1 Å². The fourth-order valence-electron chi connectivity index (χ4n) is 2.55. The van der Waals surface area contributed by atoms with E-state index in [1.165, 1.54) is 47.6 Å². The number of nitro benzene ring substituents is 1. The molecule has 0 unspecified atom stereocenters. The number of hydrogen-bond donors (Lipinski definition) is 0. The van der Waals surface area contributed by atoms with Crippen LogP contribution in [0, 0.1) is 15.9 Å². The van der Waals surface area contributed by atoms with Crippen LogP contribution >= 0.6 is 0 Å². The minimum Gasteiger partial charge on any atom is -0.467 e. The number of rotatable bonds is 6. The summed E-state index contributed by atoms with van der Waals surface area (Å²) in [6.45, 7) is 0.369. The Morgan fingerprint density at radius 3 is 2.46 bits per heavy atom. The van der Waals surface area contributed by atoms with Gasteiger partial charge in [-0.3, -0.25) is 14.9 Å². The molecule has 0 N–H and O–H groups in total. The molecule has 0 aliphatic rings. The largest absolute Gasteiger partial charge is 0.467 e. The van der Waals surface area contributed by atoms with E-state index in [9.17, 15) is 19.3 Å². The molecule has 2 aromatic carbocycles. The Bertz CT molecular complexity index is 908. The zero-order valence-electron chi connectivity index (χ0n) is 13.7. The summed E-state index contributed by atoms with van der Waals surface area (Å²) in [6.07, 6.45) is 1.51. The van der Waals surface area contributed by atoms with Gasteiger partial charge in [-0.2, -0.15) is 0 Å². The molecule has 0 radical (unpaired) electrons.